The first kappa shape index (κ1) is 55.8. The maximum absolute atomic E-state index is 6.66. The Morgan fingerprint density at radius 1 is 0.480 bits per heavy atom. The van der Waals surface area contributed by atoms with Crippen LogP contribution in [0.4, 0.5) is 0 Å². The van der Waals surface area contributed by atoms with Crippen molar-refractivity contribution in [3.63, 3.8) is 0 Å². The van der Waals surface area contributed by atoms with Gasteiger partial charge in [-0.1, -0.05) is 217 Å². The Balaban J connectivity index is 1.05. The molecule has 0 saturated carbocycles. The molecule has 4 heterocycles. The molecular weight excluding hydrogens is 972 g/mol. The van der Waals surface area contributed by atoms with Gasteiger partial charge in [0.1, 0.15) is 11.0 Å². The van der Waals surface area contributed by atoms with E-state index in [0.717, 1.165) is 35.0 Å². The van der Waals surface area contributed by atoms with E-state index in [0.29, 0.717) is 0 Å². The van der Waals surface area contributed by atoms with E-state index in [1.807, 2.05) is 22.7 Å². The van der Waals surface area contributed by atoms with Gasteiger partial charge in [0, 0.05) is 46.8 Å². The third kappa shape index (κ3) is 11.2. The van der Waals surface area contributed by atoms with E-state index in [-0.39, 0.29) is 34.5 Å². The number of hydrogen-bond donors (Lipinski definition) is 0. The first-order chi connectivity index (χ1) is 36.2. The number of aromatic nitrogens is 2. The van der Waals surface area contributed by atoms with Crippen molar-refractivity contribution in [2.45, 2.75) is 225 Å². The molecule has 4 nitrogen and oxygen atoms in total. The van der Waals surface area contributed by atoms with E-state index in [4.69, 9.17) is 18.1 Å². The molecule has 75 heavy (non-hydrogen) atoms. The van der Waals surface area contributed by atoms with Gasteiger partial charge >= 0.3 is 7.12 Å². The van der Waals surface area contributed by atoms with Crippen molar-refractivity contribution in [3.05, 3.63) is 130 Å². The molecule has 3 aromatic heterocycles. The van der Waals surface area contributed by atoms with Gasteiger partial charge in [-0.15, -0.1) is 22.7 Å². The molecule has 0 amide bonds. The van der Waals surface area contributed by atoms with Crippen LogP contribution in [0.3, 0.4) is 0 Å². The Labute approximate surface area is 465 Å². The molecular formula is C67H87BN2O2S3. The number of hydrogen-bond acceptors (Lipinski definition) is 7. The monoisotopic (exact) mass is 1060 g/mol. The number of thiophene rings is 2. The molecule has 1 unspecified atom stereocenters. The van der Waals surface area contributed by atoms with Crippen LogP contribution in [0.1, 0.15) is 225 Å². The van der Waals surface area contributed by atoms with E-state index in [1.54, 1.807) is 11.1 Å². The number of benzene rings is 4. The summed E-state index contributed by atoms with van der Waals surface area (Å²) in [5.41, 5.74) is 13.6. The normalized spacial score (nSPS) is 17.1. The summed E-state index contributed by atoms with van der Waals surface area (Å²) >= 11 is 5.04. The first-order valence-corrected chi connectivity index (χ1v) is 31.8. The van der Waals surface area contributed by atoms with Crippen LogP contribution in [0.25, 0.3) is 53.5 Å². The second-order valence-electron chi connectivity index (χ2n) is 23.9. The first-order valence-electron chi connectivity index (χ1n) is 29.4. The summed E-state index contributed by atoms with van der Waals surface area (Å²) in [4.78, 5) is 5.01. The van der Waals surface area contributed by atoms with Gasteiger partial charge in [0.2, 0.25) is 0 Å². The fraction of sp³-hybridized carbons (Fsp3) is 0.522. The lowest BCUT2D eigenvalue weighted by Gasteiger charge is -2.35. The molecule has 1 aliphatic carbocycles. The van der Waals surface area contributed by atoms with Gasteiger partial charge in [0.25, 0.3) is 0 Å². The SMILES string of the molecule is CCCCCCCCCCC1(CCCCCCCCCC)c2cc(-c3ccc(-c4ccc(-c5ccc(C(C)(CC)B6OC(C)(C)C(C)(C)O6)s5)c5nsnc45)s3)ccc2-c2ccc([C@@](C)(CC)c3ccccc3)cc21. The van der Waals surface area contributed by atoms with E-state index < -0.39 is 0 Å². The summed E-state index contributed by atoms with van der Waals surface area (Å²) in [7, 11) is -0.326. The van der Waals surface area contributed by atoms with Gasteiger partial charge in [0.05, 0.1) is 22.9 Å². The largest absolute Gasteiger partial charge is 0.469 e. The van der Waals surface area contributed by atoms with E-state index in [1.165, 1.54) is 175 Å². The van der Waals surface area contributed by atoms with Gasteiger partial charge in [-0.05, 0) is 123 Å². The summed E-state index contributed by atoms with van der Waals surface area (Å²) in [5.74, 6) is 0. The van der Waals surface area contributed by atoms with Crippen LogP contribution < -0.4 is 0 Å². The molecule has 1 aliphatic heterocycles. The Morgan fingerprint density at radius 3 is 1.53 bits per heavy atom. The predicted molar refractivity (Wildman–Crippen MR) is 327 cm³/mol. The van der Waals surface area contributed by atoms with Gasteiger partial charge in [-0.3, -0.25) is 0 Å². The molecule has 8 heteroatoms. The van der Waals surface area contributed by atoms with Crippen molar-refractivity contribution in [1.82, 2.24) is 8.75 Å². The Bertz CT molecular complexity index is 2950. The molecule has 0 radical (unpaired) electrons. The Morgan fingerprint density at radius 2 is 0.973 bits per heavy atom. The molecule has 7 aromatic rings. The smallest absolute Gasteiger partial charge is 0.403 e. The molecule has 398 valence electrons. The van der Waals surface area contributed by atoms with Crippen LogP contribution >= 0.6 is 34.4 Å². The third-order valence-corrected chi connectivity index (χ3v) is 21.6. The van der Waals surface area contributed by atoms with Crippen molar-refractivity contribution >= 4 is 52.6 Å². The van der Waals surface area contributed by atoms with Crippen molar-refractivity contribution in [3.8, 4) is 42.4 Å². The molecule has 1 saturated heterocycles. The lowest BCUT2D eigenvalue weighted by atomic mass is 9.56. The highest BCUT2D eigenvalue weighted by molar-refractivity contribution is 7.19. The fourth-order valence-corrected chi connectivity index (χ4v) is 15.3. The van der Waals surface area contributed by atoms with Gasteiger partial charge < -0.3 is 9.31 Å². The summed E-state index contributed by atoms with van der Waals surface area (Å²) < 4.78 is 23.3. The zero-order valence-corrected chi connectivity index (χ0v) is 49.9. The van der Waals surface area contributed by atoms with Crippen LogP contribution in [-0.4, -0.2) is 27.1 Å². The number of unbranched alkanes of at least 4 members (excludes halogenated alkanes) is 14. The minimum Gasteiger partial charge on any atom is -0.403 e. The third-order valence-electron chi connectivity index (χ3n) is 18.5. The van der Waals surface area contributed by atoms with Gasteiger partial charge in [0.15, 0.2) is 0 Å². The zero-order chi connectivity index (χ0) is 52.9. The van der Waals surface area contributed by atoms with Crippen LogP contribution in [0.2, 0.25) is 0 Å². The van der Waals surface area contributed by atoms with Gasteiger partial charge in [-0.2, -0.15) is 8.75 Å². The molecule has 0 spiro atoms. The summed E-state index contributed by atoms with van der Waals surface area (Å²) in [5, 5.41) is -0.288. The highest BCUT2D eigenvalue weighted by Crippen LogP contribution is 2.57. The van der Waals surface area contributed by atoms with Crippen LogP contribution in [0, 0.1) is 0 Å². The van der Waals surface area contributed by atoms with E-state index in [9.17, 15) is 0 Å². The van der Waals surface area contributed by atoms with E-state index in [2.05, 4.69) is 172 Å². The highest BCUT2D eigenvalue weighted by Gasteiger charge is 2.58. The molecule has 2 aliphatic rings. The lowest BCUT2D eigenvalue weighted by molar-refractivity contribution is 0.00578. The second-order valence-corrected chi connectivity index (χ2v) is 26.6. The topological polar surface area (TPSA) is 44.2 Å². The summed E-state index contributed by atoms with van der Waals surface area (Å²) in [6.07, 6.45) is 25.8. The molecule has 1 fully saturated rings. The van der Waals surface area contributed by atoms with E-state index >= 15 is 0 Å². The average molecular weight is 1060 g/mol. The fourth-order valence-electron chi connectivity index (χ4n) is 12.4. The number of rotatable bonds is 27. The summed E-state index contributed by atoms with van der Waals surface area (Å²) in [6, 6.07) is 40.3. The predicted octanol–water partition coefficient (Wildman–Crippen LogP) is 21.2. The number of fused-ring (bicyclic) bond motifs is 4. The van der Waals surface area contributed by atoms with Crippen LogP contribution in [-0.2, 0) is 25.5 Å². The van der Waals surface area contributed by atoms with Crippen molar-refractivity contribution in [1.29, 1.82) is 0 Å². The molecule has 2 atom stereocenters. The molecule has 0 bridgehead atoms. The minimum absolute atomic E-state index is 0.0264. The standard InChI is InChI=1S/C67H87BN2O2S3/c1-11-15-17-19-21-23-25-30-44-67(45-31-26-24-22-20-18-16-12-2)55-46-48(34-36-51(55)52-37-35-50(47-56(52)67)65(9,13-3)49-32-28-27-29-33-49)57-40-41-58(73-57)53-38-39-54(62-61(53)69-75-70-62)59-42-43-60(74-59)66(10,14-4)68-71-63(5,6)64(7,8)72-68/h27-29,32-43,46-47H,11-26,30-31,44-45H2,1-10H3/t65-,66?/m0/s1. The van der Waals surface area contributed by atoms with Crippen LogP contribution in [0.5, 0.6) is 0 Å². The molecule has 0 N–H and O–H groups in total. The Kier molecular flexibility index (Phi) is 17.9. The molecule has 4 aromatic carbocycles. The quantitative estimate of drug-likeness (QED) is 0.0380. The van der Waals surface area contributed by atoms with Crippen molar-refractivity contribution in [2.75, 3.05) is 0 Å². The van der Waals surface area contributed by atoms with Crippen LogP contribution in [0.15, 0.2) is 103 Å². The Hall–Kier alpha value is -3.92. The lowest BCUT2D eigenvalue weighted by Crippen LogP contribution is -2.42. The van der Waals surface area contributed by atoms with Crippen molar-refractivity contribution < 1.29 is 9.31 Å². The minimum atomic E-state index is -0.384. The van der Waals surface area contributed by atoms with Crippen molar-refractivity contribution in [2.24, 2.45) is 0 Å². The second kappa shape index (κ2) is 24.0. The highest BCUT2D eigenvalue weighted by atomic mass is 32.1. The maximum Gasteiger partial charge on any atom is 0.469 e. The average Bonchev–Trinajstić information content (AvgIpc) is 4.30. The zero-order valence-electron chi connectivity index (χ0n) is 47.5. The summed E-state index contributed by atoms with van der Waals surface area (Å²) in [6.45, 7) is 22.6. The maximum atomic E-state index is 6.66. The molecule has 9 rings (SSSR count). The number of nitrogens with zero attached hydrogens (tertiary/aromatic N) is 2. The van der Waals surface area contributed by atoms with Gasteiger partial charge in [-0.25, -0.2) is 0 Å².